The highest BCUT2D eigenvalue weighted by Gasteiger charge is 2.12. The number of likely N-dealkylation sites (N-methyl/N-ethyl adjacent to an activating group) is 1. The van der Waals surface area contributed by atoms with Gasteiger partial charge in [0.1, 0.15) is 6.54 Å². The van der Waals surface area contributed by atoms with E-state index in [9.17, 15) is 9.59 Å². The van der Waals surface area contributed by atoms with Gasteiger partial charge in [0.15, 0.2) is 0 Å². The summed E-state index contributed by atoms with van der Waals surface area (Å²) in [6, 6.07) is 11.5. The number of anilines is 1. The Balaban J connectivity index is 1.63. The predicted molar refractivity (Wildman–Crippen MR) is 116 cm³/mol. The minimum Gasteiger partial charge on any atom is -0.342 e. The topological polar surface area (TPSA) is 54.3 Å². The normalized spacial score (nSPS) is 11.0. The van der Waals surface area contributed by atoms with Crippen LogP contribution in [0, 0.1) is 0 Å². The predicted octanol–water partition coefficient (Wildman–Crippen LogP) is 4.80. The molecule has 0 saturated carbocycles. The van der Waals surface area contributed by atoms with Crippen LogP contribution in [0.4, 0.5) is 5.69 Å². The summed E-state index contributed by atoms with van der Waals surface area (Å²) in [7, 11) is 0. The maximum absolute atomic E-state index is 12.4. The van der Waals surface area contributed by atoms with Crippen LogP contribution in [0.25, 0.3) is 10.9 Å². The van der Waals surface area contributed by atoms with Gasteiger partial charge in [0, 0.05) is 47.2 Å². The molecule has 148 valence electrons. The van der Waals surface area contributed by atoms with E-state index in [1.54, 1.807) is 0 Å². The summed E-state index contributed by atoms with van der Waals surface area (Å²) in [5, 5.41) is 3.94. The number of carbonyl (C=O) groups excluding carboxylic acids is 2. The van der Waals surface area contributed by atoms with Crippen LogP contribution >= 0.6 is 22.9 Å². The molecule has 0 radical (unpaired) electrons. The number of rotatable bonds is 8. The molecule has 3 aromatic rings. The molecule has 2 heterocycles. The number of nitrogens with zero attached hydrogens (tertiary/aromatic N) is 2. The van der Waals surface area contributed by atoms with Gasteiger partial charge in [-0.2, -0.15) is 0 Å². The van der Waals surface area contributed by atoms with Crippen LogP contribution in [0.5, 0.6) is 0 Å². The van der Waals surface area contributed by atoms with Crippen LogP contribution in [0.3, 0.4) is 0 Å². The molecule has 1 N–H and O–H groups in total. The average Bonchev–Trinajstić information content (AvgIpc) is 3.27. The van der Waals surface area contributed by atoms with E-state index in [-0.39, 0.29) is 11.8 Å². The van der Waals surface area contributed by atoms with Gasteiger partial charge < -0.3 is 14.8 Å². The Morgan fingerprint density at radius 3 is 2.61 bits per heavy atom. The molecule has 0 atom stereocenters. The fraction of sp³-hybridized carbons (Fsp3) is 0.333. The molecule has 0 spiro atoms. The van der Waals surface area contributed by atoms with Crippen molar-refractivity contribution in [1.82, 2.24) is 9.47 Å². The largest absolute Gasteiger partial charge is 0.342 e. The van der Waals surface area contributed by atoms with Gasteiger partial charge in [-0.05, 0) is 56.7 Å². The monoisotopic (exact) mass is 417 g/mol. The Kier molecular flexibility index (Phi) is 6.75. The van der Waals surface area contributed by atoms with Gasteiger partial charge in [-0.15, -0.1) is 11.3 Å². The molecule has 2 aromatic heterocycles. The smallest absolute Gasteiger partial charge is 0.242 e. The standard InChI is InChI=1S/C21H24ClN3O2S/c1-3-24(4-2)21(27)14-25-12-11-15-13-16(5-8-18(15)25)23-20(26)10-7-17-6-9-19(22)28-17/h5-6,8-9,11-13H,3-4,7,10,14H2,1-2H3,(H,23,26). The summed E-state index contributed by atoms with van der Waals surface area (Å²) in [5.74, 6) is 0.0774. The molecule has 3 rings (SSSR count). The quantitative estimate of drug-likeness (QED) is 0.572. The summed E-state index contributed by atoms with van der Waals surface area (Å²) in [5.41, 5.74) is 1.74. The van der Waals surface area contributed by atoms with Gasteiger partial charge in [-0.3, -0.25) is 9.59 Å². The maximum Gasteiger partial charge on any atom is 0.242 e. The third-order valence-corrected chi connectivity index (χ3v) is 5.99. The second-order valence-corrected chi connectivity index (χ2v) is 8.34. The zero-order valence-corrected chi connectivity index (χ0v) is 17.6. The number of benzene rings is 1. The number of carbonyl (C=O) groups is 2. The number of hydrogen-bond acceptors (Lipinski definition) is 3. The van der Waals surface area contributed by atoms with E-state index in [2.05, 4.69) is 5.32 Å². The van der Waals surface area contributed by atoms with Gasteiger partial charge in [0.05, 0.1) is 4.34 Å². The minimum atomic E-state index is -0.0278. The highest BCUT2D eigenvalue weighted by atomic mass is 35.5. The average molecular weight is 418 g/mol. The molecule has 0 saturated heterocycles. The number of fused-ring (bicyclic) bond motifs is 1. The van der Waals surface area contributed by atoms with Crippen LogP contribution in [0.15, 0.2) is 42.6 Å². The molecule has 0 aliphatic rings. The molecule has 2 amide bonds. The lowest BCUT2D eigenvalue weighted by Gasteiger charge is -2.19. The Morgan fingerprint density at radius 2 is 1.93 bits per heavy atom. The molecule has 7 heteroatoms. The van der Waals surface area contributed by atoms with E-state index in [1.807, 2.05) is 65.9 Å². The van der Waals surface area contributed by atoms with Crippen molar-refractivity contribution in [2.45, 2.75) is 33.2 Å². The summed E-state index contributed by atoms with van der Waals surface area (Å²) < 4.78 is 2.69. The number of aromatic nitrogens is 1. The van der Waals surface area contributed by atoms with Crippen LogP contribution in [0.2, 0.25) is 4.34 Å². The van der Waals surface area contributed by atoms with Gasteiger partial charge in [0.2, 0.25) is 11.8 Å². The van der Waals surface area contributed by atoms with Gasteiger partial charge in [0.25, 0.3) is 0 Å². The van der Waals surface area contributed by atoms with Crippen LogP contribution in [-0.2, 0) is 22.6 Å². The molecule has 0 aliphatic heterocycles. The van der Waals surface area contributed by atoms with Gasteiger partial charge in [-0.25, -0.2) is 0 Å². The number of nitrogens with one attached hydrogen (secondary N) is 1. The van der Waals surface area contributed by atoms with Crippen molar-refractivity contribution in [3.63, 3.8) is 0 Å². The molecule has 0 bridgehead atoms. The molecule has 0 unspecified atom stereocenters. The zero-order valence-electron chi connectivity index (χ0n) is 16.1. The van der Waals surface area contributed by atoms with E-state index in [4.69, 9.17) is 11.6 Å². The van der Waals surface area contributed by atoms with Crippen molar-refractivity contribution in [2.24, 2.45) is 0 Å². The number of hydrogen-bond donors (Lipinski definition) is 1. The fourth-order valence-corrected chi connectivity index (χ4v) is 4.27. The van der Waals surface area contributed by atoms with E-state index in [0.29, 0.717) is 32.5 Å². The lowest BCUT2D eigenvalue weighted by molar-refractivity contribution is -0.131. The number of aryl methyl sites for hydroxylation is 1. The maximum atomic E-state index is 12.4. The first kappa shape index (κ1) is 20.4. The van der Waals surface area contributed by atoms with E-state index in [0.717, 1.165) is 25.8 Å². The van der Waals surface area contributed by atoms with Crippen molar-refractivity contribution in [1.29, 1.82) is 0 Å². The van der Waals surface area contributed by atoms with Crippen LogP contribution in [-0.4, -0.2) is 34.4 Å². The van der Waals surface area contributed by atoms with Crippen molar-refractivity contribution in [3.05, 3.63) is 51.8 Å². The number of halogens is 1. The van der Waals surface area contributed by atoms with E-state index in [1.165, 1.54) is 11.3 Å². The molecule has 28 heavy (non-hydrogen) atoms. The summed E-state index contributed by atoms with van der Waals surface area (Å²) in [6.45, 7) is 5.71. The number of thiophene rings is 1. The van der Waals surface area contributed by atoms with Gasteiger partial charge in [-0.1, -0.05) is 11.6 Å². The third-order valence-electron chi connectivity index (χ3n) is 4.70. The minimum absolute atomic E-state index is 0.0278. The fourth-order valence-electron chi connectivity index (χ4n) is 3.18. The molecular weight excluding hydrogens is 394 g/mol. The van der Waals surface area contributed by atoms with E-state index < -0.39 is 0 Å². The Morgan fingerprint density at radius 1 is 1.14 bits per heavy atom. The third kappa shape index (κ3) is 4.94. The highest BCUT2D eigenvalue weighted by Crippen LogP contribution is 2.23. The lowest BCUT2D eigenvalue weighted by Crippen LogP contribution is -2.33. The first-order chi connectivity index (χ1) is 13.5. The van der Waals surface area contributed by atoms with Crippen molar-refractivity contribution in [3.8, 4) is 0 Å². The van der Waals surface area contributed by atoms with Gasteiger partial charge >= 0.3 is 0 Å². The lowest BCUT2D eigenvalue weighted by atomic mass is 10.2. The van der Waals surface area contributed by atoms with Crippen molar-refractivity contribution < 1.29 is 9.59 Å². The SMILES string of the molecule is CCN(CC)C(=O)Cn1ccc2cc(NC(=O)CCc3ccc(Cl)s3)ccc21. The van der Waals surface area contributed by atoms with Crippen LogP contribution < -0.4 is 5.32 Å². The molecule has 5 nitrogen and oxygen atoms in total. The highest BCUT2D eigenvalue weighted by molar-refractivity contribution is 7.16. The second-order valence-electron chi connectivity index (χ2n) is 6.54. The number of amides is 2. The van der Waals surface area contributed by atoms with Crippen molar-refractivity contribution in [2.75, 3.05) is 18.4 Å². The Hall–Kier alpha value is -2.31. The van der Waals surface area contributed by atoms with Crippen molar-refractivity contribution >= 4 is 51.3 Å². The Bertz CT molecular complexity index is 975. The Labute approximate surface area is 173 Å². The van der Waals surface area contributed by atoms with Crippen LogP contribution in [0.1, 0.15) is 25.1 Å². The second kappa shape index (κ2) is 9.26. The first-order valence-electron chi connectivity index (χ1n) is 9.41. The first-order valence-corrected chi connectivity index (χ1v) is 10.6. The summed E-state index contributed by atoms with van der Waals surface area (Å²) >= 11 is 7.42. The zero-order chi connectivity index (χ0) is 20.1. The summed E-state index contributed by atoms with van der Waals surface area (Å²) in [6.07, 6.45) is 3.00. The molecule has 1 aromatic carbocycles. The van der Waals surface area contributed by atoms with E-state index >= 15 is 0 Å². The summed E-state index contributed by atoms with van der Waals surface area (Å²) in [4.78, 5) is 27.5. The molecule has 0 fully saturated rings. The molecular formula is C21H24ClN3O2S. The molecule has 0 aliphatic carbocycles.